The van der Waals surface area contributed by atoms with Crippen molar-refractivity contribution >= 4 is 44.5 Å². The second-order valence-corrected chi connectivity index (χ2v) is 5.15. The fourth-order valence-electron chi connectivity index (χ4n) is 1.35. The summed E-state index contributed by atoms with van der Waals surface area (Å²) in [7, 11) is 0. The minimum Gasteiger partial charge on any atom is -0.466 e. The minimum absolute atomic E-state index is 0.0502. The Balaban J connectivity index is 3.03. The van der Waals surface area contributed by atoms with Gasteiger partial charge in [-0.05, 0) is 41.1 Å². The molecule has 0 radical (unpaired) electrons. The molecule has 0 aromatic carbocycles. The van der Waals surface area contributed by atoms with Crippen LogP contribution in [0.5, 0.6) is 5.88 Å². The number of halogens is 5. The van der Waals surface area contributed by atoms with Crippen molar-refractivity contribution in [2.45, 2.75) is 25.0 Å². The second kappa shape index (κ2) is 7.43. The molecule has 0 aliphatic heterocycles. The highest BCUT2D eigenvalue weighted by atomic mass is 127. The lowest BCUT2D eigenvalue weighted by Gasteiger charge is -2.13. The molecule has 112 valence electrons. The summed E-state index contributed by atoms with van der Waals surface area (Å²) in [6, 6.07) is 1.45. The van der Waals surface area contributed by atoms with E-state index in [0.717, 1.165) is 0 Å². The third kappa shape index (κ3) is 5.43. The summed E-state index contributed by atoms with van der Waals surface area (Å²) in [5, 5.41) is 0.123. The molecule has 9 heteroatoms. The molecule has 0 aliphatic rings. The average Bonchev–Trinajstić information content (AvgIpc) is 2.31. The van der Waals surface area contributed by atoms with E-state index in [1.807, 2.05) is 0 Å². The number of pyridine rings is 1. The standard InChI is InChI=1S/C11H10BrF3INO3/c1-2-19-8(18)4-6-3-7(5-12)10(17-9(6)16)20-11(13,14)15/h3H,2,4-5H2,1H3. The van der Waals surface area contributed by atoms with Crippen LogP contribution in [0.4, 0.5) is 13.2 Å². The van der Waals surface area contributed by atoms with Gasteiger partial charge in [0.1, 0.15) is 3.70 Å². The number of aromatic nitrogens is 1. The summed E-state index contributed by atoms with van der Waals surface area (Å²) in [6.45, 7) is 1.91. The smallest absolute Gasteiger partial charge is 0.466 e. The van der Waals surface area contributed by atoms with Gasteiger partial charge in [-0.25, -0.2) is 4.98 Å². The van der Waals surface area contributed by atoms with Crippen LogP contribution in [0.1, 0.15) is 18.1 Å². The maximum Gasteiger partial charge on any atom is 0.574 e. The van der Waals surface area contributed by atoms with Crippen molar-refractivity contribution in [3.63, 3.8) is 0 Å². The topological polar surface area (TPSA) is 48.4 Å². The zero-order valence-electron chi connectivity index (χ0n) is 10.3. The summed E-state index contributed by atoms with van der Waals surface area (Å²) in [5.74, 6) is -0.983. The molecular weight excluding hydrogens is 458 g/mol. The van der Waals surface area contributed by atoms with Gasteiger partial charge < -0.3 is 9.47 Å². The van der Waals surface area contributed by atoms with Crippen molar-refractivity contribution in [2.24, 2.45) is 0 Å². The van der Waals surface area contributed by atoms with Crippen molar-refractivity contribution in [1.82, 2.24) is 4.98 Å². The van der Waals surface area contributed by atoms with Gasteiger partial charge in [0.2, 0.25) is 5.88 Å². The summed E-state index contributed by atoms with van der Waals surface area (Å²) >= 11 is 4.82. The van der Waals surface area contributed by atoms with Crippen LogP contribution in [0.25, 0.3) is 0 Å². The molecule has 0 aliphatic carbocycles. The number of nitrogens with zero attached hydrogens (tertiary/aromatic N) is 1. The number of rotatable bonds is 5. The molecule has 0 atom stereocenters. The van der Waals surface area contributed by atoms with Crippen molar-refractivity contribution in [3.05, 3.63) is 20.9 Å². The third-order valence-corrected chi connectivity index (χ3v) is 3.62. The van der Waals surface area contributed by atoms with E-state index in [4.69, 9.17) is 4.74 Å². The molecule has 0 N–H and O–H groups in total. The predicted octanol–water partition coefficient (Wildman–Crippen LogP) is 3.59. The van der Waals surface area contributed by atoms with Gasteiger partial charge in [-0.15, -0.1) is 13.2 Å². The quantitative estimate of drug-likeness (QED) is 0.287. The monoisotopic (exact) mass is 467 g/mol. The van der Waals surface area contributed by atoms with E-state index in [9.17, 15) is 18.0 Å². The SMILES string of the molecule is CCOC(=O)Cc1cc(CBr)c(OC(F)(F)F)nc1I. The molecule has 0 bridgehead atoms. The highest BCUT2D eigenvalue weighted by molar-refractivity contribution is 14.1. The maximum atomic E-state index is 12.2. The first-order chi connectivity index (χ1) is 9.26. The Bertz CT molecular complexity index is 497. The molecule has 0 fully saturated rings. The van der Waals surface area contributed by atoms with Gasteiger partial charge in [0, 0.05) is 10.9 Å². The Morgan fingerprint density at radius 3 is 2.60 bits per heavy atom. The predicted molar refractivity (Wildman–Crippen MR) is 76.6 cm³/mol. The third-order valence-electron chi connectivity index (χ3n) is 2.08. The molecule has 0 unspecified atom stereocenters. The van der Waals surface area contributed by atoms with E-state index in [1.165, 1.54) is 6.07 Å². The first-order valence-corrected chi connectivity index (χ1v) is 7.62. The molecule has 0 saturated heterocycles. The number of carbonyl (C=O) groups is 1. The van der Waals surface area contributed by atoms with Gasteiger partial charge in [0.15, 0.2) is 0 Å². The second-order valence-electron chi connectivity index (χ2n) is 3.57. The maximum absolute atomic E-state index is 12.2. The summed E-state index contributed by atoms with van der Waals surface area (Å²) in [4.78, 5) is 15.2. The van der Waals surface area contributed by atoms with Crippen molar-refractivity contribution in [3.8, 4) is 5.88 Å². The van der Waals surface area contributed by atoms with E-state index in [-0.39, 0.29) is 27.6 Å². The molecule has 4 nitrogen and oxygen atoms in total. The Hall–Kier alpha value is -0.580. The Labute approximate surface area is 135 Å². The first-order valence-electron chi connectivity index (χ1n) is 5.42. The van der Waals surface area contributed by atoms with Gasteiger partial charge in [0.05, 0.1) is 13.0 Å². The molecule has 0 spiro atoms. The number of alkyl halides is 4. The molecule has 1 rings (SSSR count). The molecule has 20 heavy (non-hydrogen) atoms. The van der Waals surface area contributed by atoms with E-state index >= 15 is 0 Å². The van der Waals surface area contributed by atoms with Crippen LogP contribution in [-0.2, 0) is 21.3 Å². The number of hydrogen-bond donors (Lipinski definition) is 0. The van der Waals surface area contributed by atoms with Crippen LogP contribution in [0.15, 0.2) is 6.07 Å². The lowest BCUT2D eigenvalue weighted by atomic mass is 10.1. The number of ether oxygens (including phenoxy) is 2. The fourth-order valence-corrected chi connectivity index (χ4v) is 2.32. The Morgan fingerprint density at radius 1 is 1.45 bits per heavy atom. The van der Waals surface area contributed by atoms with Crippen molar-refractivity contribution < 1.29 is 27.4 Å². The van der Waals surface area contributed by atoms with Crippen LogP contribution in [0.2, 0.25) is 0 Å². The van der Waals surface area contributed by atoms with E-state index in [0.29, 0.717) is 5.56 Å². The Morgan fingerprint density at radius 2 is 2.10 bits per heavy atom. The molecule has 1 heterocycles. The summed E-state index contributed by atoms with van der Waals surface area (Å²) in [6.07, 6.45) is -4.86. The zero-order valence-corrected chi connectivity index (χ0v) is 14.0. The van der Waals surface area contributed by atoms with Gasteiger partial charge in [-0.3, -0.25) is 4.79 Å². The van der Waals surface area contributed by atoms with Crippen LogP contribution in [0.3, 0.4) is 0 Å². The van der Waals surface area contributed by atoms with E-state index < -0.39 is 18.2 Å². The Kier molecular flexibility index (Phi) is 6.49. The number of hydrogen-bond acceptors (Lipinski definition) is 4. The molecule has 1 aromatic rings. The highest BCUT2D eigenvalue weighted by Crippen LogP contribution is 2.28. The number of carbonyl (C=O) groups excluding carboxylic acids is 1. The van der Waals surface area contributed by atoms with Gasteiger partial charge in [-0.2, -0.15) is 0 Å². The largest absolute Gasteiger partial charge is 0.574 e. The highest BCUT2D eigenvalue weighted by Gasteiger charge is 2.33. The number of esters is 1. The lowest BCUT2D eigenvalue weighted by Crippen LogP contribution is -2.20. The fraction of sp³-hybridized carbons (Fsp3) is 0.455. The van der Waals surface area contributed by atoms with Gasteiger partial charge in [0.25, 0.3) is 0 Å². The molecule has 0 saturated carbocycles. The summed E-state index contributed by atoms with van der Waals surface area (Å²) in [5.41, 5.74) is 0.704. The van der Waals surface area contributed by atoms with Crippen LogP contribution in [-0.4, -0.2) is 23.9 Å². The van der Waals surface area contributed by atoms with Gasteiger partial charge in [-0.1, -0.05) is 15.9 Å². The van der Waals surface area contributed by atoms with Crippen molar-refractivity contribution in [1.29, 1.82) is 0 Å². The molecule has 0 amide bonds. The van der Waals surface area contributed by atoms with Gasteiger partial charge >= 0.3 is 12.3 Å². The average molecular weight is 468 g/mol. The van der Waals surface area contributed by atoms with Crippen LogP contribution in [0, 0.1) is 3.70 Å². The molecule has 1 aromatic heterocycles. The molecular formula is C11H10BrF3INO3. The zero-order chi connectivity index (χ0) is 15.3. The van der Waals surface area contributed by atoms with Crippen LogP contribution >= 0.6 is 38.5 Å². The summed E-state index contributed by atoms with van der Waals surface area (Å²) < 4.78 is 45.6. The van der Waals surface area contributed by atoms with Crippen LogP contribution < -0.4 is 4.74 Å². The normalized spacial score (nSPS) is 11.3. The van der Waals surface area contributed by atoms with Crippen molar-refractivity contribution in [2.75, 3.05) is 6.61 Å². The lowest BCUT2D eigenvalue weighted by molar-refractivity contribution is -0.276. The minimum atomic E-state index is -4.81. The first kappa shape index (κ1) is 17.5. The van der Waals surface area contributed by atoms with E-state index in [2.05, 4.69) is 25.7 Å². The van der Waals surface area contributed by atoms with E-state index in [1.54, 1.807) is 29.5 Å².